The standard InChI is InChI=1S/C24H33N3O3/c1-18-12-20(15-25-14-18)16-26-23(28)11-10-19-6-5-9-22(13-19)30-17-24(29)27-21-7-3-2-4-8-21/h5-6,9-11,13,15,18,21,25H,2-4,7-8,12,14,16-17H2,1H3,(H,26,28)(H,27,29)/b11-10+. The Labute approximate surface area is 179 Å². The quantitative estimate of drug-likeness (QED) is 0.574. The minimum Gasteiger partial charge on any atom is -0.484 e. The molecule has 30 heavy (non-hydrogen) atoms. The zero-order valence-corrected chi connectivity index (χ0v) is 17.8. The Morgan fingerprint density at radius 2 is 2.07 bits per heavy atom. The highest BCUT2D eigenvalue weighted by molar-refractivity contribution is 5.91. The Kier molecular flexibility index (Phi) is 8.36. The van der Waals surface area contributed by atoms with Crippen LogP contribution in [0.15, 0.2) is 42.1 Å². The van der Waals surface area contributed by atoms with Crippen molar-refractivity contribution in [1.29, 1.82) is 0 Å². The summed E-state index contributed by atoms with van der Waals surface area (Å²) in [4.78, 5) is 24.2. The van der Waals surface area contributed by atoms with E-state index < -0.39 is 0 Å². The first-order valence-electron chi connectivity index (χ1n) is 11.0. The van der Waals surface area contributed by atoms with Crippen molar-refractivity contribution in [1.82, 2.24) is 16.0 Å². The van der Waals surface area contributed by atoms with Crippen molar-refractivity contribution in [2.75, 3.05) is 19.7 Å². The van der Waals surface area contributed by atoms with Crippen LogP contribution < -0.4 is 20.7 Å². The third kappa shape index (κ3) is 7.58. The molecule has 0 radical (unpaired) electrons. The molecule has 6 nitrogen and oxygen atoms in total. The van der Waals surface area contributed by atoms with Crippen molar-refractivity contribution >= 4 is 17.9 Å². The molecule has 0 spiro atoms. The van der Waals surface area contributed by atoms with Crippen LogP contribution in [-0.4, -0.2) is 37.6 Å². The van der Waals surface area contributed by atoms with Gasteiger partial charge < -0.3 is 20.7 Å². The van der Waals surface area contributed by atoms with Crippen LogP contribution in [0.2, 0.25) is 0 Å². The molecule has 1 aliphatic carbocycles. The molecule has 1 aliphatic heterocycles. The maximum Gasteiger partial charge on any atom is 0.258 e. The third-order valence-corrected chi connectivity index (χ3v) is 5.50. The van der Waals surface area contributed by atoms with Crippen LogP contribution in [0, 0.1) is 5.92 Å². The second-order valence-electron chi connectivity index (χ2n) is 8.33. The zero-order valence-electron chi connectivity index (χ0n) is 17.8. The summed E-state index contributed by atoms with van der Waals surface area (Å²) < 4.78 is 5.63. The molecule has 1 aromatic carbocycles. The number of nitrogens with one attached hydrogen (secondary N) is 3. The van der Waals surface area contributed by atoms with E-state index in [0.717, 1.165) is 31.4 Å². The van der Waals surface area contributed by atoms with Gasteiger partial charge in [-0.3, -0.25) is 9.59 Å². The van der Waals surface area contributed by atoms with Crippen LogP contribution in [0.5, 0.6) is 5.75 Å². The molecule has 6 heteroatoms. The predicted molar refractivity (Wildman–Crippen MR) is 119 cm³/mol. The molecule has 1 saturated carbocycles. The van der Waals surface area contributed by atoms with Crippen molar-refractivity contribution in [3.63, 3.8) is 0 Å². The van der Waals surface area contributed by atoms with Gasteiger partial charge in [-0.15, -0.1) is 0 Å². The number of hydrogen-bond donors (Lipinski definition) is 3. The van der Waals surface area contributed by atoms with Gasteiger partial charge in [0, 0.05) is 25.2 Å². The average molecular weight is 412 g/mol. The first-order chi connectivity index (χ1) is 14.6. The lowest BCUT2D eigenvalue weighted by Crippen LogP contribution is -2.38. The summed E-state index contributed by atoms with van der Waals surface area (Å²) in [7, 11) is 0. The lowest BCUT2D eigenvalue weighted by Gasteiger charge is -2.22. The Bertz CT molecular complexity index is 782. The normalized spacial score (nSPS) is 19.6. The van der Waals surface area contributed by atoms with E-state index in [1.807, 2.05) is 30.5 Å². The lowest BCUT2D eigenvalue weighted by atomic mass is 9.95. The van der Waals surface area contributed by atoms with Gasteiger partial charge >= 0.3 is 0 Å². The van der Waals surface area contributed by atoms with Gasteiger partial charge in [0.1, 0.15) is 5.75 Å². The second-order valence-corrected chi connectivity index (χ2v) is 8.33. The van der Waals surface area contributed by atoms with Gasteiger partial charge in [-0.05, 0) is 60.7 Å². The Morgan fingerprint density at radius 1 is 1.23 bits per heavy atom. The number of amides is 2. The molecule has 1 unspecified atom stereocenters. The van der Waals surface area contributed by atoms with Crippen LogP contribution in [0.4, 0.5) is 0 Å². The Balaban J connectivity index is 1.42. The fourth-order valence-corrected chi connectivity index (χ4v) is 3.91. The molecular formula is C24H33N3O3. The SMILES string of the molecule is CC1CNC=C(CNC(=O)/C=C/c2cccc(OCC(=O)NC3CCCCC3)c2)C1. The molecule has 2 amide bonds. The summed E-state index contributed by atoms with van der Waals surface area (Å²) in [6.07, 6.45) is 12.0. The highest BCUT2D eigenvalue weighted by Gasteiger charge is 2.16. The number of hydrogen-bond acceptors (Lipinski definition) is 4. The van der Waals surface area contributed by atoms with E-state index in [4.69, 9.17) is 4.74 Å². The molecule has 2 aliphatic rings. The number of carbonyl (C=O) groups excluding carboxylic acids is 2. The Hall–Kier alpha value is -2.76. The van der Waals surface area contributed by atoms with E-state index in [1.54, 1.807) is 6.08 Å². The fourth-order valence-electron chi connectivity index (χ4n) is 3.91. The van der Waals surface area contributed by atoms with Crippen molar-refractivity contribution in [3.05, 3.63) is 47.7 Å². The highest BCUT2D eigenvalue weighted by Crippen LogP contribution is 2.18. The summed E-state index contributed by atoms with van der Waals surface area (Å²) in [5, 5.41) is 9.21. The number of benzene rings is 1. The molecule has 1 fully saturated rings. The summed E-state index contributed by atoms with van der Waals surface area (Å²) in [5.41, 5.74) is 2.06. The van der Waals surface area contributed by atoms with Crippen LogP contribution in [0.3, 0.4) is 0 Å². The number of carbonyl (C=O) groups is 2. The molecule has 1 heterocycles. The molecule has 3 N–H and O–H groups in total. The molecule has 1 atom stereocenters. The number of ether oxygens (including phenoxy) is 1. The molecule has 0 bridgehead atoms. The van der Waals surface area contributed by atoms with Gasteiger partial charge in [0.2, 0.25) is 5.91 Å². The molecular weight excluding hydrogens is 378 g/mol. The maximum atomic E-state index is 12.1. The highest BCUT2D eigenvalue weighted by atomic mass is 16.5. The van der Waals surface area contributed by atoms with Crippen molar-refractivity contribution < 1.29 is 14.3 Å². The van der Waals surface area contributed by atoms with Crippen LogP contribution in [0.1, 0.15) is 51.0 Å². The van der Waals surface area contributed by atoms with Gasteiger partial charge in [-0.2, -0.15) is 0 Å². The van der Waals surface area contributed by atoms with Crippen LogP contribution in [-0.2, 0) is 9.59 Å². The van der Waals surface area contributed by atoms with E-state index in [9.17, 15) is 9.59 Å². The summed E-state index contributed by atoms with van der Waals surface area (Å²) in [6.45, 7) is 3.74. The summed E-state index contributed by atoms with van der Waals surface area (Å²) >= 11 is 0. The minimum atomic E-state index is -0.132. The molecule has 3 rings (SSSR count). The maximum absolute atomic E-state index is 12.1. The van der Waals surface area contributed by atoms with Gasteiger partial charge in [-0.1, -0.05) is 38.3 Å². The smallest absolute Gasteiger partial charge is 0.258 e. The van der Waals surface area contributed by atoms with Crippen LogP contribution >= 0.6 is 0 Å². The topological polar surface area (TPSA) is 79.5 Å². The van der Waals surface area contributed by atoms with Gasteiger partial charge in [-0.25, -0.2) is 0 Å². The fraction of sp³-hybridized carbons (Fsp3) is 0.500. The molecule has 162 valence electrons. The minimum absolute atomic E-state index is 0.00568. The monoisotopic (exact) mass is 411 g/mol. The zero-order chi connectivity index (χ0) is 21.2. The molecule has 0 saturated heterocycles. The first-order valence-corrected chi connectivity index (χ1v) is 11.0. The van der Waals surface area contributed by atoms with E-state index in [-0.39, 0.29) is 24.5 Å². The summed E-state index contributed by atoms with van der Waals surface area (Å²) in [5.74, 6) is 0.990. The van der Waals surface area contributed by atoms with E-state index in [0.29, 0.717) is 18.2 Å². The van der Waals surface area contributed by atoms with E-state index >= 15 is 0 Å². The summed E-state index contributed by atoms with van der Waals surface area (Å²) in [6, 6.07) is 7.67. The average Bonchev–Trinajstić information content (AvgIpc) is 2.76. The molecule has 1 aromatic rings. The van der Waals surface area contributed by atoms with Gasteiger partial charge in [0.05, 0.1) is 0 Å². The first kappa shape index (κ1) is 21.9. The largest absolute Gasteiger partial charge is 0.484 e. The van der Waals surface area contributed by atoms with Gasteiger partial charge in [0.15, 0.2) is 6.61 Å². The molecule has 0 aromatic heterocycles. The van der Waals surface area contributed by atoms with Crippen molar-refractivity contribution in [2.45, 2.75) is 51.5 Å². The van der Waals surface area contributed by atoms with Crippen LogP contribution in [0.25, 0.3) is 6.08 Å². The van der Waals surface area contributed by atoms with Crippen molar-refractivity contribution in [2.24, 2.45) is 5.92 Å². The third-order valence-electron chi connectivity index (χ3n) is 5.50. The van der Waals surface area contributed by atoms with E-state index in [2.05, 4.69) is 22.9 Å². The van der Waals surface area contributed by atoms with E-state index in [1.165, 1.54) is 30.9 Å². The van der Waals surface area contributed by atoms with Crippen molar-refractivity contribution in [3.8, 4) is 5.75 Å². The van der Waals surface area contributed by atoms with Gasteiger partial charge in [0.25, 0.3) is 5.91 Å². The second kappa shape index (κ2) is 11.4. The Morgan fingerprint density at radius 3 is 2.87 bits per heavy atom. The predicted octanol–water partition coefficient (Wildman–Crippen LogP) is 3.16. The number of rotatable bonds is 8. The lowest BCUT2D eigenvalue weighted by molar-refractivity contribution is -0.124.